The summed E-state index contributed by atoms with van der Waals surface area (Å²) in [5, 5.41) is 3.83. The standard InChI is InChI=1S/C15H30N2/c1-12-4-6-14(7-5-12)11-16-15-8-9-17(3)13(2)10-15/h12-16H,4-11H2,1-3H3. The van der Waals surface area contributed by atoms with Crippen molar-refractivity contribution in [3.63, 3.8) is 0 Å². The molecule has 2 nitrogen and oxygen atoms in total. The van der Waals surface area contributed by atoms with Crippen molar-refractivity contribution in [1.29, 1.82) is 0 Å². The Bertz CT molecular complexity index is 221. The molecule has 2 heteroatoms. The van der Waals surface area contributed by atoms with Crippen LogP contribution in [0.4, 0.5) is 0 Å². The molecule has 0 aromatic rings. The van der Waals surface area contributed by atoms with Crippen molar-refractivity contribution in [2.24, 2.45) is 11.8 Å². The summed E-state index contributed by atoms with van der Waals surface area (Å²) in [4.78, 5) is 2.49. The summed E-state index contributed by atoms with van der Waals surface area (Å²) in [5.74, 6) is 1.94. The molecule has 2 rings (SSSR count). The smallest absolute Gasteiger partial charge is 0.00941 e. The molecule has 1 N–H and O–H groups in total. The van der Waals surface area contributed by atoms with Crippen LogP contribution in [0, 0.1) is 11.8 Å². The summed E-state index contributed by atoms with van der Waals surface area (Å²) < 4.78 is 0. The molecule has 0 spiro atoms. The second-order valence-electron chi connectivity index (χ2n) is 6.59. The van der Waals surface area contributed by atoms with Gasteiger partial charge in [0.1, 0.15) is 0 Å². The van der Waals surface area contributed by atoms with Crippen LogP contribution in [0.3, 0.4) is 0 Å². The van der Waals surface area contributed by atoms with E-state index in [0.717, 1.165) is 23.9 Å². The van der Waals surface area contributed by atoms with Crippen molar-refractivity contribution in [2.45, 2.75) is 64.5 Å². The van der Waals surface area contributed by atoms with Crippen molar-refractivity contribution in [3.8, 4) is 0 Å². The first-order valence-corrected chi connectivity index (χ1v) is 7.58. The Balaban J connectivity index is 1.65. The van der Waals surface area contributed by atoms with E-state index in [0.29, 0.717) is 0 Å². The molecule has 2 aliphatic rings. The monoisotopic (exact) mass is 238 g/mol. The lowest BCUT2D eigenvalue weighted by atomic mass is 9.83. The van der Waals surface area contributed by atoms with Gasteiger partial charge in [0.15, 0.2) is 0 Å². The highest BCUT2D eigenvalue weighted by Crippen LogP contribution is 2.28. The minimum atomic E-state index is 0.757. The maximum absolute atomic E-state index is 3.83. The molecule has 1 saturated heterocycles. The van der Waals surface area contributed by atoms with E-state index >= 15 is 0 Å². The number of likely N-dealkylation sites (tertiary alicyclic amines) is 1. The molecule has 1 aliphatic heterocycles. The minimum absolute atomic E-state index is 0.757. The second-order valence-corrected chi connectivity index (χ2v) is 6.59. The maximum atomic E-state index is 3.83. The summed E-state index contributed by atoms with van der Waals surface area (Å²) in [6.45, 7) is 7.30. The molecule has 0 aromatic heterocycles. The molecular weight excluding hydrogens is 208 g/mol. The molecule has 2 unspecified atom stereocenters. The zero-order valence-corrected chi connectivity index (χ0v) is 11.9. The topological polar surface area (TPSA) is 15.3 Å². The maximum Gasteiger partial charge on any atom is 0.00941 e. The van der Waals surface area contributed by atoms with Crippen molar-refractivity contribution >= 4 is 0 Å². The van der Waals surface area contributed by atoms with E-state index in [2.05, 4.69) is 31.1 Å². The predicted octanol–water partition coefficient (Wildman–Crippen LogP) is 2.89. The Hall–Kier alpha value is -0.0800. The molecule has 0 bridgehead atoms. The van der Waals surface area contributed by atoms with Crippen molar-refractivity contribution in [3.05, 3.63) is 0 Å². The molecule has 100 valence electrons. The lowest BCUT2D eigenvalue weighted by Gasteiger charge is -2.36. The highest BCUT2D eigenvalue weighted by molar-refractivity contribution is 4.82. The van der Waals surface area contributed by atoms with Crippen LogP contribution in [0.25, 0.3) is 0 Å². The van der Waals surface area contributed by atoms with Crippen molar-refractivity contribution in [1.82, 2.24) is 10.2 Å². The third-order valence-electron chi connectivity index (χ3n) is 5.04. The molecule has 2 atom stereocenters. The normalized spacial score (nSPS) is 40.4. The van der Waals surface area contributed by atoms with E-state index in [4.69, 9.17) is 0 Å². The van der Waals surface area contributed by atoms with E-state index in [1.54, 1.807) is 0 Å². The highest BCUT2D eigenvalue weighted by Gasteiger charge is 2.24. The zero-order chi connectivity index (χ0) is 12.3. The lowest BCUT2D eigenvalue weighted by Crippen LogP contribution is -2.46. The largest absolute Gasteiger partial charge is 0.314 e. The predicted molar refractivity (Wildman–Crippen MR) is 74.2 cm³/mol. The Morgan fingerprint density at radius 2 is 1.76 bits per heavy atom. The van der Waals surface area contributed by atoms with Crippen molar-refractivity contribution < 1.29 is 0 Å². The van der Waals surface area contributed by atoms with Gasteiger partial charge in [-0.1, -0.05) is 19.8 Å². The fraction of sp³-hybridized carbons (Fsp3) is 1.00. The van der Waals surface area contributed by atoms with E-state index < -0.39 is 0 Å². The molecular formula is C15H30N2. The van der Waals surface area contributed by atoms with Crippen LogP contribution in [-0.4, -0.2) is 37.1 Å². The molecule has 1 saturated carbocycles. The minimum Gasteiger partial charge on any atom is -0.314 e. The number of hydrogen-bond donors (Lipinski definition) is 1. The van der Waals surface area contributed by atoms with Gasteiger partial charge in [-0.3, -0.25) is 0 Å². The van der Waals surface area contributed by atoms with Gasteiger partial charge in [-0.2, -0.15) is 0 Å². The number of hydrogen-bond acceptors (Lipinski definition) is 2. The first-order valence-electron chi connectivity index (χ1n) is 7.58. The van der Waals surface area contributed by atoms with E-state index in [9.17, 15) is 0 Å². The van der Waals surface area contributed by atoms with Gasteiger partial charge in [-0.25, -0.2) is 0 Å². The zero-order valence-electron chi connectivity index (χ0n) is 11.9. The average Bonchev–Trinajstić information content (AvgIpc) is 2.33. The van der Waals surface area contributed by atoms with Gasteiger partial charge < -0.3 is 10.2 Å². The summed E-state index contributed by atoms with van der Waals surface area (Å²) in [6.07, 6.45) is 8.49. The quantitative estimate of drug-likeness (QED) is 0.813. The Labute approximate surface area is 107 Å². The van der Waals surface area contributed by atoms with Crippen LogP contribution in [-0.2, 0) is 0 Å². The van der Waals surface area contributed by atoms with E-state index in [1.165, 1.54) is 51.6 Å². The van der Waals surface area contributed by atoms with Crippen LogP contribution in [0.15, 0.2) is 0 Å². The van der Waals surface area contributed by atoms with Gasteiger partial charge >= 0.3 is 0 Å². The molecule has 1 aliphatic carbocycles. The summed E-state index contributed by atoms with van der Waals surface area (Å²) in [7, 11) is 2.25. The van der Waals surface area contributed by atoms with Gasteiger partial charge in [0.2, 0.25) is 0 Å². The number of piperidine rings is 1. The number of rotatable bonds is 3. The Morgan fingerprint density at radius 1 is 1.06 bits per heavy atom. The first-order chi connectivity index (χ1) is 8.15. The Kier molecular flexibility index (Phi) is 4.87. The molecule has 0 radical (unpaired) electrons. The SMILES string of the molecule is CC1CCC(CNC2CCN(C)C(C)C2)CC1. The fourth-order valence-corrected chi connectivity index (χ4v) is 3.34. The summed E-state index contributed by atoms with van der Waals surface area (Å²) in [6, 6.07) is 1.54. The lowest BCUT2D eigenvalue weighted by molar-refractivity contribution is 0.162. The van der Waals surface area contributed by atoms with Gasteiger partial charge in [-0.05, 0) is 64.6 Å². The van der Waals surface area contributed by atoms with Crippen LogP contribution < -0.4 is 5.32 Å². The molecule has 0 amide bonds. The third kappa shape index (κ3) is 3.96. The molecule has 1 heterocycles. The second kappa shape index (κ2) is 6.19. The highest BCUT2D eigenvalue weighted by atomic mass is 15.1. The average molecular weight is 238 g/mol. The van der Waals surface area contributed by atoms with Gasteiger partial charge in [0, 0.05) is 12.1 Å². The third-order valence-corrected chi connectivity index (χ3v) is 5.04. The molecule has 17 heavy (non-hydrogen) atoms. The number of nitrogens with one attached hydrogen (secondary N) is 1. The first kappa shape index (κ1) is 13.4. The van der Waals surface area contributed by atoms with Gasteiger partial charge in [0.05, 0.1) is 0 Å². The molecule has 2 fully saturated rings. The number of nitrogens with zero attached hydrogens (tertiary/aromatic N) is 1. The van der Waals surface area contributed by atoms with Gasteiger partial charge in [0.25, 0.3) is 0 Å². The molecule has 0 aromatic carbocycles. The van der Waals surface area contributed by atoms with Crippen molar-refractivity contribution in [2.75, 3.05) is 20.1 Å². The Morgan fingerprint density at radius 3 is 2.41 bits per heavy atom. The van der Waals surface area contributed by atoms with E-state index in [-0.39, 0.29) is 0 Å². The van der Waals surface area contributed by atoms with Gasteiger partial charge in [-0.15, -0.1) is 0 Å². The summed E-state index contributed by atoms with van der Waals surface area (Å²) >= 11 is 0. The van der Waals surface area contributed by atoms with Crippen LogP contribution in [0.5, 0.6) is 0 Å². The van der Waals surface area contributed by atoms with Crippen LogP contribution in [0.1, 0.15) is 52.4 Å². The summed E-state index contributed by atoms with van der Waals surface area (Å²) in [5.41, 5.74) is 0. The van der Waals surface area contributed by atoms with E-state index in [1.807, 2.05) is 0 Å². The fourth-order valence-electron chi connectivity index (χ4n) is 3.34. The van der Waals surface area contributed by atoms with Crippen LogP contribution >= 0.6 is 0 Å². The van der Waals surface area contributed by atoms with Crippen LogP contribution in [0.2, 0.25) is 0 Å².